The van der Waals surface area contributed by atoms with Gasteiger partial charge in [-0.2, -0.15) is 0 Å². The van der Waals surface area contributed by atoms with E-state index < -0.39 is 12.2 Å². The Kier molecular flexibility index (Phi) is 5.90. The van der Waals surface area contributed by atoms with Gasteiger partial charge in [0.1, 0.15) is 6.10 Å². The molecule has 2 aliphatic rings. The number of amides is 1. The van der Waals surface area contributed by atoms with E-state index in [9.17, 15) is 4.79 Å². The number of aliphatic hydroxyl groups is 2. The second-order valence-electron chi connectivity index (χ2n) is 9.29. The molecule has 3 heterocycles. The maximum atomic E-state index is 12.7. The molecule has 2 aliphatic heterocycles. The molecule has 6 heteroatoms. The smallest absolute Gasteiger partial charge is 0.252 e. The van der Waals surface area contributed by atoms with Gasteiger partial charge in [-0.05, 0) is 49.1 Å². The molecule has 4 aromatic rings. The van der Waals surface area contributed by atoms with Gasteiger partial charge in [0.05, 0.1) is 29.9 Å². The summed E-state index contributed by atoms with van der Waals surface area (Å²) in [7, 11) is 0. The van der Waals surface area contributed by atoms with E-state index in [4.69, 9.17) is 14.9 Å². The van der Waals surface area contributed by atoms with Crippen LogP contribution in [0.5, 0.6) is 0 Å². The topological polar surface area (TPSA) is 94.6 Å². The van der Waals surface area contributed by atoms with Gasteiger partial charge in [0.15, 0.2) is 0 Å². The van der Waals surface area contributed by atoms with E-state index in [-0.39, 0.29) is 18.6 Å². The highest BCUT2D eigenvalue weighted by Crippen LogP contribution is 2.42. The molecule has 1 amide bonds. The van der Waals surface area contributed by atoms with Crippen molar-refractivity contribution in [3.63, 3.8) is 0 Å². The number of hydrogen-bond acceptors (Lipinski definition) is 4. The number of benzene rings is 3. The minimum atomic E-state index is -0.679. The molecular formula is C28H30N2O4. The van der Waals surface area contributed by atoms with Crippen LogP contribution < -0.4 is 5.32 Å². The maximum absolute atomic E-state index is 12.7. The number of fused-ring (bicyclic) bond motifs is 5. The molecule has 0 bridgehead atoms. The summed E-state index contributed by atoms with van der Waals surface area (Å²) in [5.74, 6) is 0.0311. The average Bonchev–Trinajstić information content (AvgIpc) is 3.39. The van der Waals surface area contributed by atoms with Crippen molar-refractivity contribution in [2.45, 2.75) is 52.0 Å². The van der Waals surface area contributed by atoms with E-state index in [0.29, 0.717) is 13.0 Å². The van der Waals surface area contributed by atoms with Crippen molar-refractivity contribution in [1.29, 1.82) is 0 Å². The van der Waals surface area contributed by atoms with Crippen molar-refractivity contribution in [1.82, 2.24) is 10.3 Å². The Labute approximate surface area is 198 Å². The van der Waals surface area contributed by atoms with Crippen molar-refractivity contribution in [3.8, 4) is 11.1 Å². The van der Waals surface area contributed by atoms with Crippen LogP contribution in [0.15, 0.2) is 48.5 Å². The summed E-state index contributed by atoms with van der Waals surface area (Å²) in [4.78, 5) is 16.3. The summed E-state index contributed by atoms with van der Waals surface area (Å²) in [6.45, 7) is 6.96. The molecule has 6 rings (SSSR count). The fourth-order valence-corrected chi connectivity index (χ4v) is 5.14. The van der Waals surface area contributed by atoms with E-state index >= 15 is 0 Å². The normalized spacial score (nSPS) is 21.8. The lowest BCUT2D eigenvalue weighted by atomic mass is 9.87. The van der Waals surface area contributed by atoms with Crippen LogP contribution in [0, 0.1) is 13.8 Å². The highest BCUT2D eigenvalue weighted by Gasteiger charge is 2.30. The maximum Gasteiger partial charge on any atom is 0.252 e. The first kappa shape index (κ1) is 22.6. The van der Waals surface area contributed by atoms with Gasteiger partial charge in [-0.1, -0.05) is 42.5 Å². The zero-order chi connectivity index (χ0) is 24.0. The number of rotatable bonds is 1. The van der Waals surface area contributed by atoms with Crippen molar-refractivity contribution in [2.24, 2.45) is 0 Å². The Morgan fingerprint density at radius 3 is 2.44 bits per heavy atom. The van der Waals surface area contributed by atoms with Gasteiger partial charge in [-0.25, -0.2) is 0 Å². The monoisotopic (exact) mass is 458 g/mol. The second kappa shape index (κ2) is 8.87. The van der Waals surface area contributed by atoms with Crippen LogP contribution in [0.2, 0.25) is 0 Å². The van der Waals surface area contributed by atoms with Crippen molar-refractivity contribution in [3.05, 3.63) is 70.8 Å². The first-order valence-electron chi connectivity index (χ1n) is 11.7. The summed E-state index contributed by atoms with van der Waals surface area (Å²) in [6, 6.07) is 16.6. The Bertz CT molecular complexity index is 1390. The summed E-state index contributed by atoms with van der Waals surface area (Å²) in [5.41, 5.74) is 8.71. The minimum Gasteiger partial charge on any atom is -0.390 e. The predicted molar refractivity (Wildman–Crippen MR) is 134 cm³/mol. The molecule has 0 saturated carbocycles. The number of aromatic nitrogens is 1. The van der Waals surface area contributed by atoms with Crippen LogP contribution in [0.25, 0.3) is 32.9 Å². The Morgan fingerprint density at radius 1 is 0.971 bits per heavy atom. The van der Waals surface area contributed by atoms with Gasteiger partial charge in [0, 0.05) is 34.8 Å². The molecule has 1 aromatic heterocycles. The third kappa shape index (κ3) is 3.78. The van der Waals surface area contributed by atoms with Crippen molar-refractivity contribution in [2.75, 3.05) is 6.61 Å². The Balaban J connectivity index is 0.000000227. The standard InChI is InChI=1S/C22H18N2O.C6H12O3/c1-12-7-3-4-8-14(12)18-13(2)21-19(16-11-23-22(25)20(16)18)15-9-5-6-10-17(15)24-21;1-4-2-5(7)6(8)3-9-4/h3-10,24H,11H2,1-2H3,(H,23,25);4-8H,2-3H2,1H3. The van der Waals surface area contributed by atoms with Crippen LogP contribution in [-0.2, 0) is 11.3 Å². The van der Waals surface area contributed by atoms with E-state index in [2.05, 4.69) is 54.5 Å². The number of nitrogens with one attached hydrogen (secondary N) is 2. The highest BCUT2D eigenvalue weighted by molar-refractivity contribution is 6.18. The van der Waals surface area contributed by atoms with Crippen molar-refractivity contribution >= 4 is 27.7 Å². The highest BCUT2D eigenvalue weighted by atomic mass is 16.5. The summed E-state index contributed by atoms with van der Waals surface area (Å²) in [5, 5.41) is 23.3. The first-order chi connectivity index (χ1) is 16.4. The number of aromatic amines is 1. The largest absolute Gasteiger partial charge is 0.390 e. The van der Waals surface area contributed by atoms with Crippen LogP contribution in [-0.4, -0.2) is 46.0 Å². The fourth-order valence-electron chi connectivity index (χ4n) is 5.14. The zero-order valence-electron chi connectivity index (χ0n) is 19.7. The van der Waals surface area contributed by atoms with Gasteiger partial charge < -0.3 is 25.3 Å². The molecule has 3 atom stereocenters. The van der Waals surface area contributed by atoms with Crippen LogP contribution >= 0.6 is 0 Å². The van der Waals surface area contributed by atoms with E-state index in [1.807, 2.05) is 25.1 Å². The minimum absolute atomic E-state index is 0.0311. The number of carbonyl (C=O) groups excluding carboxylic acids is 1. The van der Waals surface area contributed by atoms with E-state index in [0.717, 1.165) is 38.9 Å². The molecule has 1 saturated heterocycles. The van der Waals surface area contributed by atoms with Crippen LogP contribution in [0.3, 0.4) is 0 Å². The Morgan fingerprint density at radius 2 is 1.71 bits per heavy atom. The average molecular weight is 459 g/mol. The third-order valence-electron chi connectivity index (χ3n) is 6.95. The third-order valence-corrected chi connectivity index (χ3v) is 6.95. The first-order valence-corrected chi connectivity index (χ1v) is 11.7. The summed E-state index contributed by atoms with van der Waals surface area (Å²) in [6.07, 6.45) is -0.639. The molecule has 3 unspecified atom stereocenters. The lowest BCUT2D eigenvalue weighted by molar-refractivity contribution is -0.115. The Hall–Kier alpha value is -3.19. The van der Waals surface area contributed by atoms with Gasteiger partial charge in [-0.3, -0.25) is 4.79 Å². The quantitative estimate of drug-likeness (QED) is 0.341. The molecule has 3 aromatic carbocycles. The number of ether oxygens (including phenoxy) is 1. The molecule has 0 radical (unpaired) electrons. The van der Waals surface area contributed by atoms with E-state index in [1.54, 1.807) is 0 Å². The summed E-state index contributed by atoms with van der Waals surface area (Å²) < 4.78 is 5.05. The molecular weight excluding hydrogens is 428 g/mol. The van der Waals surface area contributed by atoms with Gasteiger partial charge >= 0.3 is 0 Å². The lowest BCUT2D eigenvalue weighted by Crippen LogP contribution is -2.39. The zero-order valence-corrected chi connectivity index (χ0v) is 19.7. The molecule has 176 valence electrons. The molecule has 6 nitrogen and oxygen atoms in total. The number of aryl methyl sites for hydroxylation is 2. The van der Waals surface area contributed by atoms with E-state index in [1.165, 1.54) is 16.3 Å². The number of para-hydroxylation sites is 1. The number of H-pyrrole nitrogens is 1. The van der Waals surface area contributed by atoms with Crippen molar-refractivity contribution < 1.29 is 19.7 Å². The van der Waals surface area contributed by atoms with Gasteiger partial charge in [0.2, 0.25) is 0 Å². The van der Waals surface area contributed by atoms with Gasteiger partial charge in [-0.15, -0.1) is 0 Å². The number of carbonyl (C=O) groups is 1. The van der Waals surface area contributed by atoms with Crippen LogP contribution in [0.4, 0.5) is 0 Å². The van der Waals surface area contributed by atoms with Crippen LogP contribution in [0.1, 0.15) is 40.4 Å². The molecule has 0 spiro atoms. The SMILES string of the molecule is CC1CC(O)C(O)CO1.Cc1ccccc1-c1c2c(c3c([nH]c4ccccc43)c1C)CNC2=O. The van der Waals surface area contributed by atoms with Gasteiger partial charge in [0.25, 0.3) is 5.91 Å². The second-order valence-corrected chi connectivity index (χ2v) is 9.29. The molecule has 34 heavy (non-hydrogen) atoms. The number of hydrogen-bond donors (Lipinski definition) is 4. The predicted octanol–water partition coefficient (Wildman–Crippen LogP) is 4.37. The fraction of sp³-hybridized carbons (Fsp3) is 0.321. The number of aliphatic hydroxyl groups excluding tert-OH is 2. The summed E-state index contributed by atoms with van der Waals surface area (Å²) >= 11 is 0. The lowest BCUT2D eigenvalue weighted by Gasteiger charge is -2.27. The molecule has 4 N–H and O–H groups in total. The molecule has 1 fully saturated rings. The molecule has 0 aliphatic carbocycles.